The number of fused-ring (bicyclic) bond motifs is 1. The monoisotopic (exact) mass is 382 g/mol. The standard InChI is InChI=1S/C26H26N2O/c1-19-22(21-9-4-2-5-10-21)11-8-12-23(19)26-27-24-14-13-20(17-25(24)29-26)18-28-15-6-3-7-16-28/h2,4-5,8-14,17H,3,6-7,15-16,18H2,1H3. The Morgan fingerprint density at radius 3 is 2.48 bits per heavy atom. The van der Waals surface area contributed by atoms with Gasteiger partial charge in [-0.25, -0.2) is 4.98 Å². The van der Waals surface area contributed by atoms with Crippen LogP contribution in [-0.2, 0) is 6.54 Å². The summed E-state index contributed by atoms with van der Waals surface area (Å²) in [7, 11) is 0. The summed E-state index contributed by atoms with van der Waals surface area (Å²) in [6, 6.07) is 23.3. The number of aromatic nitrogens is 1. The van der Waals surface area contributed by atoms with Crippen LogP contribution in [0.5, 0.6) is 0 Å². The van der Waals surface area contributed by atoms with Crippen LogP contribution in [0.25, 0.3) is 33.7 Å². The van der Waals surface area contributed by atoms with Gasteiger partial charge in [-0.15, -0.1) is 0 Å². The Balaban J connectivity index is 1.48. The van der Waals surface area contributed by atoms with Crippen molar-refractivity contribution in [3.63, 3.8) is 0 Å². The molecule has 0 aliphatic carbocycles. The van der Waals surface area contributed by atoms with E-state index in [1.54, 1.807) is 0 Å². The molecular weight excluding hydrogens is 356 g/mol. The lowest BCUT2D eigenvalue weighted by molar-refractivity contribution is 0.221. The fraction of sp³-hybridized carbons (Fsp3) is 0.269. The first-order valence-electron chi connectivity index (χ1n) is 10.6. The highest BCUT2D eigenvalue weighted by molar-refractivity contribution is 5.80. The molecule has 5 rings (SSSR count). The molecular formula is C26H26N2O. The molecule has 4 aromatic rings. The van der Waals surface area contributed by atoms with E-state index in [2.05, 4.69) is 72.5 Å². The minimum absolute atomic E-state index is 0.699. The summed E-state index contributed by atoms with van der Waals surface area (Å²) in [5.74, 6) is 0.699. The third-order valence-electron chi connectivity index (χ3n) is 5.96. The molecule has 1 saturated heterocycles. The third kappa shape index (κ3) is 3.70. The molecule has 0 N–H and O–H groups in total. The van der Waals surface area contributed by atoms with Crippen molar-refractivity contribution < 1.29 is 4.42 Å². The van der Waals surface area contributed by atoms with Gasteiger partial charge in [0.05, 0.1) is 0 Å². The fourth-order valence-corrected chi connectivity index (χ4v) is 4.36. The van der Waals surface area contributed by atoms with E-state index in [1.165, 1.54) is 54.6 Å². The molecule has 0 spiro atoms. The molecule has 3 nitrogen and oxygen atoms in total. The molecule has 1 aliphatic heterocycles. The quantitative estimate of drug-likeness (QED) is 0.406. The Hall–Kier alpha value is -2.91. The van der Waals surface area contributed by atoms with Crippen molar-refractivity contribution in [2.75, 3.05) is 13.1 Å². The summed E-state index contributed by atoms with van der Waals surface area (Å²) in [5, 5.41) is 0. The molecule has 3 aromatic carbocycles. The molecule has 0 atom stereocenters. The first-order valence-corrected chi connectivity index (χ1v) is 10.6. The van der Waals surface area contributed by atoms with Gasteiger partial charge in [0, 0.05) is 12.1 Å². The van der Waals surface area contributed by atoms with Crippen molar-refractivity contribution in [3.8, 4) is 22.6 Å². The molecule has 2 heterocycles. The molecule has 29 heavy (non-hydrogen) atoms. The van der Waals surface area contributed by atoms with E-state index in [4.69, 9.17) is 9.40 Å². The van der Waals surface area contributed by atoms with Gasteiger partial charge in [-0.05, 0) is 73.3 Å². The van der Waals surface area contributed by atoms with Crippen molar-refractivity contribution in [2.45, 2.75) is 32.7 Å². The number of benzene rings is 3. The predicted molar refractivity (Wildman–Crippen MR) is 119 cm³/mol. The van der Waals surface area contributed by atoms with E-state index >= 15 is 0 Å². The van der Waals surface area contributed by atoms with Crippen LogP contribution in [0.4, 0.5) is 0 Å². The van der Waals surface area contributed by atoms with Crippen molar-refractivity contribution in [1.82, 2.24) is 9.88 Å². The van der Waals surface area contributed by atoms with E-state index in [-0.39, 0.29) is 0 Å². The summed E-state index contributed by atoms with van der Waals surface area (Å²) in [6.07, 6.45) is 3.99. The third-order valence-corrected chi connectivity index (χ3v) is 5.96. The molecule has 0 bridgehead atoms. The zero-order valence-corrected chi connectivity index (χ0v) is 16.9. The van der Waals surface area contributed by atoms with Crippen LogP contribution in [0.1, 0.15) is 30.4 Å². The topological polar surface area (TPSA) is 29.3 Å². The molecule has 0 unspecified atom stereocenters. The summed E-state index contributed by atoms with van der Waals surface area (Å²) < 4.78 is 6.23. The Kier molecular flexibility index (Phi) is 4.91. The maximum absolute atomic E-state index is 6.23. The van der Waals surface area contributed by atoms with Gasteiger partial charge in [-0.1, -0.05) is 55.0 Å². The number of hydrogen-bond donors (Lipinski definition) is 0. The average Bonchev–Trinajstić information content (AvgIpc) is 3.18. The summed E-state index contributed by atoms with van der Waals surface area (Å²) >= 11 is 0. The second-order valence-electron chi connectivity index (χ2n) is 8.00. The number of rotatable bonds is 4. The lowest BCUT2D eigenvalue weighted by atomic mass is 9.96. The zero-order chi connectivity index (χ0) is 19.6. The maximum atomic E-state index is 6.23. The maximum Gasteiger partial charge on any atom is 0.227 e. The zero-order valence-electron chi connectivity index (χ0n) is 16.9. The van der Waals surface area contributed by atoms with Gasteiger partial charge in [0.2, 0.25) is 5.89 Å². The normalized spacial score (nSPS) is 15.1. The molecule has 0 radical (unpaired) electrons. The summed E-state index contributed by atoms with van der Waals surface area (Å²) in [5.41, 5.74) is 7.78. The lowest BCUT2D eigenvalue weighted by Gasteiger charge is -2.26. The van der Waals surface area contributed by atoms with Gasteiger partial charge in [0.1, 0.15) is 5.52 Å². The second-order valence-corrected chi connectivity index (χ2v) is 8.00. The number of likely N-dealkylation sites (tertiary alicyclic amines) is 1. The van der Waals surface area contributed by atoms with Gasteiger partial charge >= 0.3 is 0 Å². The number of oxazole rings is 1. The molecule has 1 aliphatic rings. The van der Waals surface area contributed by atoms with Crippen LogP contribution in [-0.4, -0.2) is 23.0 Å². The van der Waals surface area contributed by atoms with Crippen LogP contribution in [0.3, 0.4) is 0 Å². The van der Waals surface area contributed by atoms with Gasteiger partial charge in [0.15, 0.2) is 5.58 Å². The van der Waals surface area contributed by atoms with Gasteiger partial charge < -0.3 is 4.42 Å². The van der Waals surface area contributed by atoms with Crippen LogP contribution in [0, 0.1) is 6.92 Å². The highest BCUT2D eigenvalue weighted by atomic mass is 16.3. The SMILES string of the molecule is Cc1c(-c2ccccc2)cccc1-c1nc2ccc(CN3CCCCC3)cc2o1. The minimum atomic E-state index is 0.699. The Morgan fingerprint density at radius 2 is 1.66 bits per heavy atom. The largest absolute Gasteiger partial charge is 0.436 e. The van der Waals surface area contributed by atoms with Crippen molar-refractivity contribution in [1.29, 1.82) is 0 Å². The first kappa shape index (κ1) is 18.1. The lowest BCUT2D eigenvalue weighted by Crippen LogP contribution is -2.28. The minimum Gasteiger partial charge on any atom is -0.436 e. The van der Waals surface area contributed by atoms with Crippen LogP contribution in [0.15, 0.2) is 71.1 Å². The summed E-state index contributed by atoms with van der Waals surface area (Å²) in [4.78, 5) is 7.32. The number of piperidine rings is 1. The van der Waals surface area contributed by atoms with Crippen LogP contribution >= 0.6 is 0 Å². The molecule has 1 fully saturated rings. The Bertz CT molecular complexity index is 1120. The number of hydrogen-bond acceptors (Lipinski definition) is 3. The Labute approximate surface area is 172 Å². The van der Waals surface area contributed by atoms with E-state index in [1.807, 2.05) is 6.07 Å². The molecule has 0 amide bonds. The van der Waals surface area contributed by atoms with Crippen molar-refractivity contribution in [3.05, 3.63) is 77.9 Å². The van der Waals surface area contributed by atoms with Crippen LogP contribution < -0.4 is 0 Å². The average molecular weight is 383 g/mol. The van der Waals surface area contributed by atoms with E-state index in [0.717, 1.165) is 23.2 Å². The van der Waals surface area contributed by atoms with Crippen molar-refractivity contribution in [2.24, 2.45) is 0 Å². The van der Waals surface area contributed by atoms with Gasteiger partial charge in [-0.3, -0.25) is 4.90 Å². The fourth-order valence-electron chi connectivity index (χ4n) is 4.36. The van der Waals surface area contributed by atoms with Crippen LogP contribution in [0.2, 0.25) is 0 Å². The predicted octanol–water partition coefficient (Wildman–Crippen LogP) is 6.46. The highest BCUT2D eigenvalue weighted by Crippen LogP contribution is 2.33. The van der Waals surface area contributed by atoms with Crippen molar-refractivity contribution >= 4 is 11.1 Å². The molecule has 1 aromatic heterocycles. The molecule has 0 saturated carbocycles. The highest BCUT2D eigenvalue weighted by Gasteiger charge is 2.15. The molecule has 3 heteroatoms. The smallest absolute Gasteiger partial charge is 0.227 e. The first-order chi connectivity index (χ1) is 14.3. The van der Waals surface area contributed by atoms with Gasteiger partial charge in [-0.2, -0.15) is 0 Å². The van der Waals surface area contributed by atoms with E-state index < -0.39 is 0 Å². The summed E-state index contributed by atoms with van der Waals surface area (Å²) in [6.45, 7) is 5.54. The van der Waals surface area contributed by atoms with Gasteiger partial charge in [0.25, 0.3) is 0 Å². The second kappa shape index (κ2) is 7.84. The molecule has 146 valence electrons. The number of nitrogens with zero attached hydrogens (tertiary/aromatic N) is 2. The van der Waals surface area contributed by atoms with E-state index in [9.17, 15) is 0 Å². The van der Waals surface area contributed by atoms with E-state index in [0.29, 0.717) is 5.89 Å². The Morgan fingerprint density at radius 1 is 0.862 bits per heavy atom.